The minimum absolute atomic E-state index is 0.0183. The molecule has 0 aliphatic carbocycles. The number of carbonyl (C=O) groups is 2. The number of nitrogens with zero attached hydrogens (tertiary/aromatic N) is 1. The summed E-state index contributed by atoms with van der Waals surface area (Å²) >= 11 is 0. The number of benzene rings is 1. The van der Waals surface area contributed by atoms with Crippen LogP contribution in [-0.4, -0.2) is 47.6 Å². The third-order valence-corrected chi connectivity index (χ3v) is 4.41. The standard InChI is InChI=1S/C17H25N3O3/c1-12(13-5-3-2-4-6-13)19-15(21)11-20-9-7-14(8-10-20)16(22)17(18)23/h2-6,12,14,16,22H,7-11H2,1H3,(H2,18,23)(H,19,21). The minimum atomic E-state index is -1.08. The highest BCUT2D eigenvalue weighted by atomic mass is 16.3. The van der Waals surface area contributed by atoms with Gasteiger partial charge in [-0.25, -0.2) is 0 Å². The van der Waals surface area contributed by atoms with Gasteiger partial charge in [-0.15, -0.1) is 0 Å². The second-order valence-electron chi connectivity index (χ2n) is 6.16. The summed E-state index contributed by atoms with van der Waals surface area (Å²) in [5, 5.41) is 12.7. The van der Waals surface area contributed by atoms with E-state index in [9.17, 15) is 14.7 Å². The fourth-order valence-corrected chi connectivity index (χ4v) is 2.97. The summed E-state index contributed by atoms with van der Waals surface area (Å²) in [6.07, 6.45) is 0.265. The Morgan fingerprint density at radius 3 is 2.48 bits per heavy atom. The number of nitrogens with two attached hydrogens (primary N) is 1. The number of hydrogen-bond acceptors (Lipinski definition) is 4. The Labute approximate surface area is 136 Å². The van der Waals surface area contributed by atoms with Crippen LogP contribution in [0.1, 0.15) is 31.4 Å². The average Bonchev–Trinajstić information content (AvgIpc) is 2.55. The maximum Gasteiger partial charge on any atom is 0.246 e. The molecule has 126 valence electrons. The van der Waals surface area contributed by atoms with Crippen LogP contribution < -0.4 is 11.1 Å². The largest absolute Gasteiger partial charge is 0.383 e. The number of carbonyl (C=O) groups excluding carboxylic acids is 2. The van der Waals surface area contributed by atoms with Gasteiger partial charge in [0.15, 0.2) is 0 Å². The third-order valence-electron chi connectivity index (χ3n) is 4.41. The van der Waals surface area contributed by atoms with Gasteiger partial charge in [-0.2, -0.15) is 0 Å². The maximum atomic E-state index is 12.1. The van der Waals surface area contributed by atoms with Crippen molar-refractivity contribution in [3.63, 3.8) is 0 Å². The molecule has 1 aliphatic heterocycles. The van der Waals surface area contributed by atoms with Crippen molar-refractivity contribution >= 4 is 11.8 Å². The molecule has 6 nitrogen and oxygen atoms in total. The first-order valence-corrected chi connectivity index (χ1v) is 8.01. The predicted octanol–water partition coefficient (Wildman–Crippen LogP) is 0.422. The molecular formula is C17H25N3O3. The number of primary amides is 1. The van der Waals surface area contributed by atoms with Crippen LogP contribution in [0.2, 0.25) is 0 Å². The first-order chi connectivity index (χ1) is 11.0. The molecule has 0 bridgehead atoms. The number of amides is 2. The van der Waals surface area contributed by atoms with Crippen LogP contribution in [0.25, 0.3) is 0 Å². The van der Waals surface area contributed by atoms with Crippen LogP contribution in [0.3, 0.4) is 0 Å². The van der Waals surface area contributed by atoms with Gasteiger partial charge >= 0.3 is 0 Å². The van der Waals surface area contributed by atoms with Gasteiger partial charge in [0.1, 0.15) is 6.10 Å². The first kappa shape index (κ1) is 17.4. The molecule has 1 aliphatic rings. The second-order valence-corrected chi connectivity index (χ2v) is 6.16. The average molecular weight is 319 g/mol. The Balaban J connectivity index is 1.76. The molecule has 0 radical (unpaired) electrons. The maximum absolute atomic E-state index is 12.1. The van der Waals surface area contributed by atoms with Crippen LogP contribution in [0.4, 0.5) is 0 Å². The number of aliphatic hydroxyl groups is 1. The van der Waals surface area contributed by atoms with Crippen molar-refractivity contribution in [2.75, 3.05) is 19.6 Å². The van der Waals surface area contributed by atoms with Gasteiger partial charge in [-0.3, -0.25) is 14.5 Å². The van der Waals surface area contributed by atoms with Crippen molar-refractivity contribution in [3.8, 4) is 0 Å². The van der Waals surface area contributed by atoms with Crippen LogP contribution in [-0.2, 0) is 9.59 Å². The lowest BCUT2D eigenvalue weighted by Gasteiger charge is -2.33. The molecule has 6 heteroatoms. The summed E-state index contributed by atoms with van der Waals surface area (Å²) in [7, 11) is 0. The van der Waals surface area contributed by atoms with Gasteiger partial charge in [0.2, 0.25) is 11.8 Å². The van der Waals surface area contributed by atoms with Crippen molar-refractivity contribution in [1.82, 2.24) is 10.2 Å². The van der Waals surface area contributed by atoms with Gasteiger partial charge in [0.25, 0.3) is 0 Å². The van der Waals surface area contributed by atoms with E-state index in [2.05, 4.69) is 5.32 Å². The van der Waals surface area contributed by atoms with Gasteiger partial charge in [0.05, 0.1) is 12.6 Å². The fourth-order valence-electron chi connectivity index (χ4n) is 2.97. The van der Waals surface area contributed by atoms with E-state index in [0.29, 0.717) is 32.5 Å². The van der Waals surface area contributed by atoms with E-state index >= 15 is 0 Å². The Morgan fingerprint density at radius 2 is 1.91 bits per heavy atom. The predicted molar refractivity (Wildman–Crippen MR) is 87.4 cm³/mol. The molecule has 2 rings (SSSR count). The molecule has 0 spiro atoms. The zero-order valence-corrected chi connectivity index (χ0v) is 13.4. The molecule has 1 heterocycles. The zero-order chi connectivity index (χ0) is 16.8. The van der Waals surface area contributed by atoms with Gasteiger partial charge in [-0.05, 0) is 44.3 Å². The SMILES string of the molecule is CC(NC(=O)CN1CCC(C(O)C(N)=O)CC1)c1ccccc1. The number of piperidine rings is 1. The number of hydrogen-bond donors (Lipinski definition) is 3. The molecule has 1 saturated heterocycles. The molecule has 1 aromatic carbocycles. The highest BCUT2D eigenvalue weighted by Crippen LogP contribution is 2.20. The lowest BCUT2D eigenvalue weighted by atomic mass is 9.91. The van der Waals surface area contributed by atoms with Gasteiger partial charge < -0.3 is 16.2 Å². The Kier molecular flexibility index (Phi) is 6.12. The summed E-state index contributed by atoms with van der Waals surface area (Å²) in [6.45, 7) is 3.66. The van der Waals surface area contributed by atoms with Crippen LogP contribution >= 0.6 is 0 Å². The first-order valence-electron chi connectivity index (χ1n) is 8.01. The molecule has 1 aromatic rings. The Morgan fingerprint density at radius 1 is 1.30 bits per heavy atom. The molecule has 23 heavy (non-hydrogen) atoms. The van der Waals surface area contributed by atoms with Crippen molar-refractivity contribution in [1.29, 1.82) is 0 Å². The lowest BCUT2D eigenvalue weighted by Crippen LogP contribution is -2.45. The van der Waals surface area contributed by atoms with E-state index in [-0.39, 0.29) is 17.9 Å². The van der Waals surface area contributed by atoms with Crippen molar-refractivity contribution in [2.45, 2.75) is 31.9 Å². The molecule has 2 unspecified atom stereocenters. The van der Waals surface area contributed by atoms with Gasteiger partial charge in [0, 0.05) is 0 Å². The van der Waals surface area contributed by atoms with Gasteiger partial charge in [-0.1, -0.05) is 30.3 Å². The molecule has 1 fully saturated rings. The lowest BCUT2D eigenvalue weighted by molar-refractivity contribution is -0.130. The zero-order valence-electron chi connectivity index (χ0n) is 13.4. The topological polar surface area (TPSA) is 95.7 Å². The van der Waals surface area contributed by atoms with Crippen LogP contribution in [0.5, 0.6) is 0 Å². The molecule has 0 saturated carbocycles. The number of nitrogens with one attached hydrogen (secondary N) is 1. The van der Waals surface area contributed by atoms with E-state index < -0.39 is 12.0 Å². The highest BCUT2D eigenvalue weighted by molar-refractivity contribution is 5.79. The Hall–Kier alpha value is -1.92. The number of rotatable bonds is 6. The fraction of sp³-hybridized carbons (Fsp3) is 0.529. The van der Waals surface area contributed by atoms with Crippen molar-refractivity contribution in [2.24, 2.45) is 11.7 Å². The molecule has 4 N–H and O–H groups in total. The van der Waals surface area contributed by atoms with Crippen molar-refractivity contribution in [3.05, 3.63) is 35.9 Å². The molecular weight excluding hydrogens is 294 g/mol. The normalized spacial score (nSPS) is 19.0. The number of aliphatic hydroxyl groups excluding tert-OH is 1. The van der Waals surface area contributed by atoms with E-state index in [1.54, 1.807) is 0 Å². The smallest absolute Gasteiger partial charge is 0.246 e. The van der Waals surface area contributed by atoms with E-state index in [4.69, 9.17) is 5.73 Å². The summed E-state index contributed by atoms with van der Waals surface area (Å²) in [6, 6.07) is 9.80. The molecule has 2 amide bonds. The monoisotopic (exact) mass is 319 g/mol. The molecule has 2 atom stereocenters. The van der Waals surface area contributed by atoms with Crippen molar-refractivity contribution < 1.29 is 14.7 Å². The van der Waals surface area contributed by atoms with Crippen LogP contribution in [0, 0.1) is 5.92 Å². The Bertz CT molecular complexity index is 527. The van der Waals surface area contributed by atoms with E-state index in [0.717, 1.165) is 5.56 Å². The summed E-state index contributed by atoms with van der Waals surface area (Å²) in [5.41, 5.74) is 6.20. The van der Waals surface area contributed by atoms with E-state index in [1.807, 2.05) is 42.2 Å². The third kappa shape index (κ3) is 5.04. The quantitative estimate of drug-likeness (QED) is 0.708. The summed E-state index contributed by atoms with van der Waals surface area (Å²) < 4.78 is 0. The summed E-state index contributed by atoms with van der Waals surface area (Å²) in [4.78, 5) is 25.2. The van der Waals surface area contributed by atoms with E-state index in [1.165, 1.54) is 0 Å². The second kappa shape index (κ2) is 8.08. The molecule has 0 aromatic heterocycles. The summed E-state index contributed by atoms with van der Waals surface area (Å²) in [5.74, 6) is -0.789. The van der Waals surface area contributed by atoms with Crippen LogP contribution in [0.15, 0.2) is 30.3 Å². The highest BCUT2D eigenvalue weighted by Gasteiger charge is 2.29. The minimum Gasteiger partial charge on any atom is -0.383 e. The number of likely N-dealkylation sites (tertiary alicyclic amines) is 1.